The molecule has 0 bridgehead atoms. The molecule has 1 amide bonds. The van der Waals surface area contributed by atoms with Gasteiger partial charge in [-0.15, -0.1) is 0 Å². The Labute approximate surface area is 270 Å². The largest absolute Gasteiger partial charge is 0.497 e. The maximum Gasteiger partial charge on any atom is 0.410 e. The Balaban J connectivity index is 1.21. The first-order valence-electron chi connectivity index (χ1n) is 15.9. The van der Waals surface area contributed by atoms with Gasteiger partial charge in [-0.1, -0.05) is 0 Å². The average molecular weight is 629 g/mol. The van der Waals surface area contributed by atoms with Crippen LogP contribution in [0.1, 0.15) is 46.5 Å². The van der Waals surface area contributed by atoms with Gasteiger partial charge in [-0.3, -0.25) is 9.67 Å². The summed E-state index contributed by atoms with van der Waals surface area (Å²) < 4.78 is 24.6. The van der Waals surface area contributed by atoms with Gasteiger partial charge in [0.1, 0.15) is 17.1 Å². The lowest BCUT2D eigenvalue weighted by atomic mass is 9.91. The first kappa shape index (κ1) is 31.6. The number of carbonyl (C=O) groups excluding carboxylic acids is 1. The number of carbonyl (C=O) groups is 1. The lowest BCUT2D eigenvalue weighted by molar-refractivity contribution is -0.0719. The van der Waals surface area contributed by atoms with Crippen molar-refractivity contribution < 1.29 is 23.7 Å². The maximum atomic E-state index is 12.6. The third-order valence-electron chi connectivity index (χ3n) is 8.76. The smallest absolute Gasteiger partial charge is 0.410 e. The van der Waals surface area contributed by atoms with Crippen molar-refractivity contribution in [2.24, 2.45) is 5.92 Å². The van der Waals surface area contributed by atoms with E-state index in [2.05, 4.69) is 22.1 Å². The number of aromatic nitrogens is 4. The van der Waals surface area contributed by atoms with Crippen molar-refractivity contribution in [2.75, 3.05) is 45.9 Å². The molecule has 244 valence electrons. The summed E-state index contributed by atoms with van der Waals surface area (Å²) in [4.78, 5) is 26.4. The Kier molecular flexibility index (Phi) is 8.78. The van der Waals surface area contributed by atoms with Gasteiger partial charge in [0.25, 0.3) is 0 Å². The van der Waals surface area contributed by atoms with Crippen LogP contribution in [0, 0.1) is 5.92 Å². The average Bonchev–Trinajstić information content (AvgIpc) is 3.77. The minimum Gasteiger partial charge on any atom is -0.497 e. The number of nitrogens with zero attached hydrogens (tertiary/aromatic N) is 6. The standard InChI is InChI=1S/C35H44N6O5/c1-34(2,3)46-33(42)39-13-11-35(45-6,12-14-39)23-40-22-25(19-37-40)32-20-36-30-10-9-26(17-31(30)38-32)41(21-24-7-8-24)27-15-28(43-4)18-29(16-27)44-5/h9-10,15-20,22,24H,7-8,11-14,21,23H2,1-6H3. The lowest BCUT2D eigenvalue weighted by Crippen LogP contribution is -2.50. The highest BCUT2D eigenvalue weighted by Crippen LogP contribution is 2.39. The highest BCUT2D eigenvalue weighted by atomic mass is 16.6. The first-order valence-corrected chi connectivity index (χ1v) is 15.9. The van der Waals surface area contributed by atoms with Crippen LogP contribution in [0.25, 0.3) is 22.3 Å². The zero-order valence-electron chi connectivity index (χ0n) is 27.7. The summed E-state index contributed by atoms with van der Waals surface area (Å²) in [5, 5.41) is 4.65. The molecule has 2 aliphatic rings. The molecule has 0 unspecified atom stereocenters. The third kappa shape index (κ3) is 7.20. The predicted octanol–water partition coefficient (Wildman–Crippen LogP) is 6.47. The van der Waals surface area contributed by atoms with E-state index in [0.29, 0.717) is 38.4 Å². The van der Waals surface area contributed by atoms with Crippen LogP contribution in [0.2, 0.25) is 0 Å². The van der Waals surface area contributed by atoms with Gasteiger partial charge in [-0.05, 0) is 70.6 Å². The van der Waals surface area contributed by atoms with Crippen molar-refractivity contribution in [3.63, 3.8) is 0 Å². The van der Waals surface area contributed by atoms with Gasteiger partial charge in [-0.25, -0.2) is 9.78 Å². The molecule has 0 N–H and O–H groups in total. The van der Waals surface area contributed by atoms with Gasteiger partial charge < -0.3 is 28.7 Å². The van der Waals surface area contributed by atoms with Gasteiger partial charge in [0.05, 0.1) is 55.5 Å². The van der Waals surface area contributed by atoms with Crippen LogP contribution >= 0.6 is 0 Å². The van der Waals surface area contributed by atoms with Gasteiger partial charge in [-0.2, -0.15) is 5.10 Å². The number of fused-ring (bicyclic) bond motifs is 1. The molecule has 1 aliphatic carbocycles. The summed E-state index contributed by atoms with van der Waals surface area (Å²) in [6.45, 7) is 8.24. The number of methoxy groups -OCH3 is 3. The fourth-order valence-corrected chi connectivity index (χ4v) is 5.90. The zero-order valence-corrected chi connectivity index (χ0v) is 27.7. The summed E-state index contributed by atoms with van der Waals surface area (Å²) in [5.41, 5.74) is 4.36. The molecule has 2 aromatic heterocycles. The Hall–Kier alpha value is -4.38. The number of hydrogen-bond donors (Lipinski definition) is 0. The fourth-order valence-electron chi connectivity index (χ4n) is 5.90. The summed E-state index contributed by atoms with van der Waals surface area (Å²) in [6.07, 6.45) is 9.15. The number of rotatable bonds is 10. The topological polar surface area (TPSA) is 104 Å². The third-order valence-corrected chi connectivity index (χ3v) is 8.76. The molecule has 4 aromatic rings. The van der Waals surface area contributed by atoms with E-state index in [1.807, 2.05) is 62.1 Å². The summed E-state index contributed by atoms with van der Waals surface area (Å²) in [7, 11) is 5.07. The Bertz CT molecular complexity index is 1660. The van der Waals surface area contributed by atoms with Crippen molar-refractivity contribution in [2.45, 2.75) is 64.2 Å². The molecule has 0 radical (unpaired) electrons. The summed E-state index contributed by atoms with van der Waals surface area (Å²) in [6, 6.07) is 12.2. The molecule has 11 nitrogen and oxygen atoms in total. The van der Waals surface area contributed by atoms with Crippen LogP contribution in [0.4, 0.5) is 16.2 Å². The predicted molar refractivity (Wildman–Crippen MR) is 177 cm³/mol. The number of benzene rings is 2. The Morgan fingerprint density at radius 2 is 1.67 bits per heavy atom. The lowest BCUT2D eigenvalue weighted by Gasteiger charge is -2.40. The van der Waals surface area contributed by atoms with Crippen molar-refractivity contribution in [1.29, 1.82) is 0 Å². The van der Waals surface area contributed by atoms with E-state index in [-0.39, 0.29) is 6.09 Å². The normalized spacial score (nSPS) is 16.3. The van der Waals surface area contributed by atoms with Crippen LogP contribution in [0.15, 0.2) is 55.0 Å². The number of amides is 1. The van der Waals surface area contributed by atoms with Crippen LogP contribution < -0.4 is 14.4 Å². The number of likely N-dealkylation sites (tertiary alicyclic amines) is 1. The van der Waals surface area contributed by atoms with Crippen LogP contribution in [-0.4, -0.2) is 82.9 Å². The van der Waals surface area contributed by atoms with Crippen molar-refractivity contribution in [1.82, 2.24) is 24.6 Å². The van der Waals surface area contributed by atoms with E-state index in [1.165, 1.54) is 12.8 Å². The summed E-state index contributed by atoms with van der Waals surface area (Å²) in [5.74, 6) is 2.15. The van der Waals surface area contributed by atoms with Gasteiger partial charge in [0, 0.05) is 68.1 Å². The summed E-state index contributed by atoms with van der Waals surface area (Å²) >= 11 is 0. The number of ether oxygens (including phenoxy) is 4. The molecule has 1 saturated heterocycles. The highest BCUT2D eigenvalue weighted by molar-refractivity contribution is 5.82. The molecule has 11 heteroatoms. The monoisotopic (exact) mass is 628 g/mol. The van der Waals surface area contributed by atoms with Crippen molar-refractivity contribution in [3.05, 3.63) is 55.0 Å². The van der Waals surface area contributed by atoms with Gasteiger partial charge >= 0.3 is 6.09 Å². The van der Waals surface area contributed by atoms with E-state index in [4.69, 9.17) is 28.9 Å². The number of hydrogen-bond acceptors (Lipinski definition) is 9. The second-order valence-electron chi connectivity index (χ2n) is 13.3. The Morgan fingerprint density at radius 3 is 2.30 bits per heavy atom. The van der Waals surface area contributed by atoms with E-state index in [0.717, 1.165) is 51.7 Å². The molecular formula is C35H44N6O5. The second kappa shape index (κ2) is 12.8. The minimum absolute atomic E-state index is 0.282. The molecular weight excluding hydrogens is 584 g/mol. The minimum atomic E-state index is -0.522. The molecule has 0 atom stereocenters. The number of piperidine rings is 1. The number of anilines is 2. The second-order valence-corrected chi connectivity index (χ2v) is 13.3. The molecule has 2 aromatic carbocycles. The SMILES string of the molecule is COc1cc(OC)cc(N(CC2CC2)c2ccc3ncc(-c4cnn(CC5(OC)CCN(C(=O)OC(C)(C)C)CC5)c4)nc3c2)c1. The zero-order chi connectivity index (χ0) is 32.5. The molecule has 46 heavy (non-hydrogen) atoms. The quantitative estimate of drug-likeness (QED) is 0.195. The van der Waals surface area contributed by atoms with Gasteiger partial charge in [0.15, 0.2) is 0 Å². The van der Waals surface area contributed by atoms with Gasteiger partial charge in [0.2, 0.25) is 0 Å². The molecule has 0 spiro atoms. The van der Waals surface area contributed by atoms with E-state index in [1.54, 1.807) is 32.4 Å². The fraction of sp³-hybridized carbons (Fsp3) is 0.486. The highest BCUT2D eigenvalue weighted by Gasteiger charge is 2.38. The molecule has 3 heterocycles. The molecule has 6 rings (SSSR count). The van der Waals surface area contributed by atoms with E-state index >= 15 is 0 Å². The van der Waals surface area contributed by atoms with Crippen LogP contribution in [-0.2, 0) is 16.0 Å². The van der Waals surface area contributed by atoms with Crippen molar-refractivity contribution >= 4 is 28.5 Å². The van der Waals surface area contributed by atoms with Crippen LogP contribution in [0.5, 0.6) is 11.5 Å². The molecule has 1 saturated carbocycles. The Morgan fingerprint density at radius 1 is 0.957 bits per heavy atom. The van der Waals surface area contributed by atoms with Crippen LogP contribution in [0.3, 0.4) is 0 Å². The van der Waals surface area contributed by atoms with E-state index < -0.39 is 11.2 Å². The first-order chi connectivity index (χ1) is 22.1. The van der Waals surface area contributed by atoms with E-state index in [9.17, 15) is 4.79 Å². The maximum absolute atomic E-state index is 12.6. The molecule has 2 fully saturated rings. The van der Waals surface area contributed by atoms with Crippen molar-refractivity contribution in [3.8, 4) is 22.8 Å². The molecule has 1 aliphatic heterocycles.